The molecule has 3 rings (SSSR count). The average molecular weight is 314 g/mol. The Morgan fingerprint density at radius 3 is 2.90 bits per heavy atom. The van der Waals surface area contributed by atoms with E-state index in [0.29, 0.717) is 11.3 Å². The predicted octanol–water partition coefficient (Wildman–Crippen LogP) is 1.15. The summed E-state index contributed by atoms with van der Waals surface area (Å²) >= 11 is 0. The molecular weight excluding hydrogens is 297 g/mol. The van der Waals surface area contributed by atoms with Gasteiger partial charge in [0.05, 0.1) is 5.92 Å². The standard InChI is InChI=1S/C14H16FN3O2.ClH/c15-8-1-2-10-11(6-13(19)18-12(10)5-8)14(20)17-9-3-4-16-7-9;/h1-2,5,9,11,16H,3-4,6-7H2,(H,17,20)(H,18,19);1H. The molecule has 0 bridgehead atoms. The van der Waals surface area contributed by atoms with Crippen LogP contribution < -0.4 is 16.0 Å². The predicted molar refractivity (Wildman–Crippen MR) is 79.1 cm³/mol. The van der Waals surface area contributed by atoms with Gasteiger partial charge in [0.25, 0.3) is 0 Å². The Hall–Kier alpha value is -1.66. The Bertz CT molecular complexity index is 561. The fourth-order valence-corrected chi connectivity index (χ4v) is 2.75. The summed E-state index contributed by atoms with van der Waals surface area (Å²) in [6, 6.07) is 4.25. The van der Waals surface area contributed by atoms with Crippen LogP contribution >= 0.6 is 12.4 Å². The van der Waals surface area contributed by atoms with Crippen molar-refractivity contribution in [2.24, 2.45) is 0 Å². The molecule has 2 atom stereocenters. The summed E-state index contributed by atoms with van der Waals surface area (Å²) in [4.78, 5) is 24.0. The van der Waals surface area contributed by atoms with Crippen LogP contribution in [0.4, 0.5) is 10.1 Å². The lowest BCUT2D eigenvalue weighted by molar-refractivity contribution is -0.126. The third kappa shape index (κ3) is 3.33. The lowest BCUT2D eigenvalue weighted by Gasteiger charge is -2.26. The van der Waals surface area contributed by atoms with Gasteiger partial charge >= 0.3 is 0 Å². The molecule has 2 aliphatic heterocycles. The van der Waals surface area contributed by atoms with Crippen LogP contribution in [0.25, 0.3) is 0 Å². The van der Waals surface area contributed by atoms with E-state index in [1.807, 2.05) is 0 Å². The van der Waals surface area contributed by atoms with Crippen molar-refractivity contribution in [1.82, 2.24) is 10.6 Å². The minimum absolute atomic E-state index is 0. The molecule has 1 fully saturated rings. The molecule has 2 heterocycles. The first kappa shape index (κ1) is 15.7. The highest BCUT2D eigenvalue weighted by Crippen LogP contribution is 2.32. The molecule has 0 aliphatic carbocycles. The van der Waals surface area contributed by atoms with E-state index in [1.165, 1.54) is 12.1 Å². The van der Waals surface area contributed by atoms with E-state index in [0.717, 1.165) is 19.5 Å². The number of hydrogen-bond donors (Lipinski definition) is 3. The van der Waals surface area contributed by atoms with E-state index >= 15 is 0 Å². The smallest absolute Gasteiger partial charge is 0.228 e. The van der Waals surface area contributed by atoms with Crippen LogP contribution in [0.5, 0.6) is 0 Å². The highest BCUT2D eigenvalue weighted by molar-refractivity contribution is 6.01. The summed E-state index contributed by atoms with van der Waals surface area (Å²) in [6.07, 6.45) is 0.992. The van der Waals surface area contributed by atoms with Crippen LogP contribution in [-0.2, 0) is 9.59 Å². The van der Waals surface area contributed by atoms with Crippen LogP contribution in [0.3, 0.4) is 0 Å². The number of amides is 2. The number of halogens is 2. The molecule has 2 aliphatic rings. The summed E-state index contributed by atoms with van der Waals surface area (Å²) in [6.45, 7) is 1.64. The van der Waals surface area contributed by atoms with Gasteiger partial charge in [0.2, 0.25) is 11.8 Å². The Morgan fingerprint density at radius 1 is 1.38 bits per heavy atom. The van der Waals surface area contributed by atoms with Gasteiger partial charge in [-0.3, -0.25) is 9.59 Å². The third-order valence-electron chi connectivity index (χ3n) is 3.78. The molecule has 1 aromatic carbocycles. The molecule has 2 unspecified atom stereocenters. The second-order valence-electron chi connectivity index (χ2n) is 5.23. The second-order valence-corrected chi connectivity index (χ2v) is 5.23. The van der Waals surface area contributed by atoms with Gasteiger partial charge in [-0.2, -0.15) is 0 Å². The van der Waals surface area contributed by atoms with Crippen molar-refractivity contribution < 1.29 is 14.0 Å². The Labute approximate surface area is 128 Å². The molecule has 0 saturated carbocycles. The van der Waals surface area contributed by atoms with Crippen molar-refractivity contribution in [2.75, 3.05) is 18.4 Å². The number of carbonyl (C=O) groups is 2. The first-order chi connectivity index (χ1) is 9.63. The van der Waals surface area contributed by atoms with Crippen molar-refractivity contribution in [3.05, 3.63) is 29.6 Å². The van der Waals surface area contributed by atoms with Gasteiger partial charge in [-0.1, -0.05) is 6.07 Å². The highest BCUT2D eigenvalue weighted by atomic mass is 35.5. The first-order valence-electron chi connectivity index (χ1n) is 6.74. The minimum atomic E-state index is -0.542. The van der Waals surface area contributed by atoms with Crippen LogP contribution in [0.2, 0.25) is 0 Å². The van der Waals surface area contributed by atoms with Gasteiger partial charge in [-0.15, -0.1) is 12.4 Å². The van der Waals surface area contributed by atoms with Crippen molar-refractivity contribution in [3.63, 3.8) is 0 Å². The third-order valence-corrected chi connectivity index (χ3v) is 3.78. The number of carbonyl (C=O) groups excluding carboxylic acids is 2. The summed E-state index contributed by atoms with van der Waals surface area (Å²) in [7, 11) is 0. The maximum absolute atomic E-state index is 13.2. The molecular formula is C14H17ClFN3O2. The van der Waals surface area contributed by atoms with E-state index in [2.05, 4.69) is 16.0 Å². The number of hydrogen-bond acceptors (Lipinski definition) is 3. The summed E-state index contributed by atoms with van der Waals surface area (Å²) in [5.74, 6) is -1.39. The van der Waals surface area contributed by atoms with Crippen molar-refractivity contribution in [3.8, 4) is 0 Å². The van der Waals surface area contributed by atoms with E-state index in [9.17, 15) is 14.0 Å². The van der Waals surface area contributed by atoms with Crippen LogP contribution in [0.15, 0.2) is 18.2 Å². The van der Waals surface area contributed by atoms with E-state index in [4.69, 9.17) is 0 Å². The van der Waals surface area contributed by atoms with Gasteiger partial charge in [0, 0.05) is 24.7 Å². The van der Waals surface area contributed by atoms with E-state index in [-0.39, 0.29) is 36.7 Å². The van der Waals surface area contributed by atoms with Gasteiger partial charge in [-0.05, 0) is 30.7 Å². The lowest BCUT2D eigenvalue weighted by Crippen LogP contribution is -2.41. The Kier molecular flexibility index (Phi) is 4.80. The molecule has 1 saturated heterocycles. The molecule has 3 N–H and O–H groups in total. The maximum Gasteiger partial charge on any atom is 0.228 e. The van der Waals surface area contributed by atoms with Crippen molar-refractivity contribution >= 4 is 29.9 Å². The monoisotopic (exact) mass is 313 g/mol. The molecule has 7 heteroatoms. The molecule has 0 radical (unpaired) electrons. The number of benzene rings is 1. The minimum Gasteiger partial charge on any atom is -0.351 e. The number of rotatable bonds is 2. The molecule has 2 amide bonds. The van der Waals surface area contributed by atoms with Gasteiger partial charge in [0.15, 0.2) is 0 Å². The second kappa shape index (κ2) is 6.41. The maximum atomic E-state index is 13.2. The first-order valence-corrected chi connectivity index (χ1v) is 6.74. The topological polar surface area (TPSA) is 70.2 Å². The summed E-state index contributed by atoms with van der Waals surface area (Å²) < 4.78 is 13.2. The summed E-state index contributed by atoms with van der Waals surface area (Å²) in [5.41, 5.74) is 1.07. The fourth-order valence-electron chi connectivity index (χ4n) is 2.75. The highest BCUT2D eigenvalue weighted by Gasteiger charge is 2.32. The SMILES string of the molecule is Cl.O=C1CC(C(=O)NC2CCNC2)c2ccc(F)cc2N1. The molecule has 0 aromatic heterocycles. The zero-order valence-corrected chi connectivity index (χ0v) is 12.1. The quantitative estimate of drug-likeness (QED) is 0.767. The molecule has 0 spiro atoms. The fraction of sp³-hybridized carbons (Fsp3) is 0.429. The molecule has 114 valence electrons. The van der Waals surface area contributed by atoms with E-state index in [1.54, 1.807) is 6.07 Å². The Balaban J connectivity index is 0.00000161. The van der Waals surface area contributed by atoms with Crippen molar-refractivity contribution in [2.45, 2.75) is 24.8 Å². The van der Waals surface area contributed by atoms with Crippen molar-refractivity contribution in [1.29, 1.82) is 0 Å². The number of fused-ring (bicyclic) bond motifs is 1. The zero-order valence-electron chi connectivity index (χ0n) is 11.3. The van der Waals surface area contributed by atoms with Gasteiger partial charge < -0.3 is 16.0 Å². The van der Waals surface area contributed by atoms with Gasteiger partial charge in [0.1, 0.15) is 5.82 Å². The largest absolute Gasteiger partial charge is 0.351 e. The average Bonchev–Trinajstić information content (AvgIpc) is 2.90. The normalized spacial score (nSPS) is 23.8. The number of anilines is 1. The van der Waals surface area contributed by atoms with E-state index < -0.39 is 11.7 Å². The number of nitrogens with one attached hydrogen (secondary N) is 3. The molecule has 1 aromatic rings. The summed E-state index contributed by atoms with van der Waals surface area (Å²) in [5, 5.41) is 8.73. The zero-order chi connectivity index (χ0) is 14.1. The van der Waals surface area contributed by atoms with Crippen LogP contribution in [0, 0.1) is 5.82 Å². The lowest BCUT2D eigenvalue weighted by atomic mass is 9.89. The Morgan fingerprint density at radius 2 is 2.19 bits per heavy atom. The van der Waals surface area contributed by atoms with Gasteiger partial charge in [-0.25, -0.2) is 4.39 Å². The molecule has 5 nitrogen and oxygen atoms in total. The van der Waals surface area contributed by atoms with Crippen LogP contribution in [0.1, 0.15) is 24.3 Å². The van der Waals surface area contributed by atoms with Crippen LogP contribution in [-0.4, -0.2) is 30.9 Å². The molecule has 21 heavy (non-hydrogen) atoms.